The number of carbonyl (C=O) groups is 2. The van der Waals surface area contributed by atoms with E-state index in [1.54, 1.807) is 0 Å². The minimum absolute atomic E-state index is 0.118. The van der Waals surface area contributed by atoms with Gasteiger partial charge in [-0.25, -0.2) is 0 Å². The van der Waals surface area contributed by atoms with Crippen LogP contribution in [0, 0.1) is 0 Å². The van der Waals surface area contributed by atoms with Crippen molar-refractivity contribution < 1.29 is 9.59 Å². The summed E-state index contributed by atoms with van der Waals surface area (Å²) >= 11 is 0. The third kappa shape index (κ3) is 29.4. The molecule has 0 saturated heterocycles. The summed E-state index contributed by atoms with van der Waals surface area (Å²) in [5.74, 6) is -0.118. The van der Waals surface area contributed by atoms with Gasteiger partial charge in [0, 0.05) is 13.0 Å². The minimum atomic E-state index is -0.118. The smallest absolute Gasteiger partial charge is 0.243 e. The molecule has 0 aromatic heterocycles. The number of rotatable bonds is 8. The van der Waals surface area contributed by atoms with Gasteiger partial charge in [0.2, 0.25) is 5.91 Å². The van der Waals surface area contributed by atoms with Crippen LogP contribution in [0.4, 0.5) is 0 Å². The van der Waals surface area contributed by atoms with Crippen LogP contribution in [0.25, 0.3) is 0 Å². The van der Waals surface area contributed by atoms with Crippen LogP contribution in [0.1, 0.15) is 46.0 Å². The molecule has 0 heterocycles. The van der Waals surface area contributed by atoms with Gasteiger partial charge in [-0.15, -0.1) is 0 Å². The number of carbonyl (C=O) groups excluding carboxylic acids is 2. The lowest BCUT2D eigenvalue weighted by atomic mass is 10.1. The van der Waals surface area contributed by atoms with E-state index in [9.17, 15) is 9.59 Å². The van der Waals surface area contributed by atoms with E-state index in [2.05, 4.69) is 17.2 Å². The fraction of sp³-hybridized carbons (Fsp3) is 0.714. The van der Waals surface area contributed by atoms with Gasteiger partial charge in [-0.05, 0) is 33.0 Å². The Hall–Kier alpha value is -1.16. The molecule has 0 aromatic carbocycles. The Bertz CT molecular complexity index is 183. The van der Waals surface area contributed by atoms with Crippen LogP contribution in [-0.2, 0) is 9.59 Å². The zero-order valence-electron chi connectivity index (χ0n) is 12.4. The van der Waals surface area contributed by atoms with Crippen LogP contribution in [0.5, 0.6) is 0 Å². The highest BCUT2D eigenvalue weighted by Crippen LogP contribution is 2.00. The average molecular weight is 258 g/mol. The number of hydrogen-bond acceptors (Lipinski definition) is 3. The summed E-state index contributed by atoms with van der Waals surface area (Å²) in [7, 11) is 3.75. The van der Waals surface area contributed by atoms with E-state index in [4.69, 9.17) is 0 Å². The largest absolute Gasteiger partial charge is 0.353 e. The molecule has 1 amide bonds. The van der Waals surface area contributed by atoms with Crippen LogP contribution < -0.4 is 10.6 Å². The van der Waals surface area contributed by atoms with E-state index in [1.165, 1.54) is 6.08 Å². The fourth-order valence-electron chi connectivity index (χ4n) is 0.990. The monoisotopic (exact) mass is 258 g/mol. The van der Waals surface area contributed by atoms with E-state index < -0.39 is 0 Å². The molecule has 0 bridgehead atoms. The van der Waals surface area contributed by atoms with Gasteiger partial charge < -0.3 is 15.4 Å². The van der Waals surface area contributed by atoms with Gasteiger partial charge in [-0.2, -0.15) is 0 Å². The van der Waals surface area contributed by atoms with Crippen LogP contribution in [0.3, 0.4) is 0 Å². The van der Waals surface area contributed by atoms with E-state index in [1.807, 2.05) is 27.9 Å². The Kier molecular flexibility index (Phi) is 30.5. The molecule has 108 valence electrons. The first-order chi connectivity index (χ1) is 8.72. The van der Waals surface area contributed by atoms with Crippen molar-refractivity contribution >= 4 is 12.2 Å². The molecule has 0 radical (unpaired) electrons. The van der Waals surface area contributed by atoms with Crippen LogP contribution in [0.2, 0.25) is 0 Å². The first-order valence-electron chi connectivity index (χ1n) is 6.65. The number of hydrogen-bond donors (Lipinski definition) is 2. The van der Waals surface area contributed by atoms with Crippen molar-refractivity contribution in [2.45, 2.75) is 46.0 Å². The van der Waals surface area contributed by atoms with Crippen molar-refractivity contribution in [2.75, 3.05) is 20.6 Å². The second-order valence-corrected chi connectivity index (χ2v) is 3.36. The lowest BCUT2D eigenvalue weighted by Crippen LogP contribution is -2.21. The lowest BCUT2D eigenvalue weighted by Gasteiger charge is -2.00. The van der Waals surface area contributed by atoms with E-state index >= 15 is 0 Å². The molecular formula is C14H30N2O2. The molecule has 0 aliphatic rings. The molecular weight excluding hydrogens is 228 g/mol. The maximum absolute atomic E-state index is 10.7. The highest BCUT2D eigenvalue weighted by Gasteiger charge is 1.92. The molecule has 0 spiro atoms. The van der Waals surface area contributed by atoms with Gasteiger partial charge >= 0.3 is 0 Å². The molecule has 2 N–H and O–H groups in total. The van der Waals surface area contributed by atoms with Crippen LogP contribution in [0.15, 0.2) is 12.7 Å². The maximum atomic E-state index is 10.7. The van der Waals surface area contributed by atoms with E-state index in [0.717, 1.165) is 32.0 Å². The Balaban J connectivity index is -0.000000389. The second-order valence-electron chi connectivity index (χ2n) is 3.36. The molecule has 0 rings (SSSR count). The Morgan fingerprint density at radius 1 is 1.11 bits per heavy atom. The third-order valence-electron chi connectivity index (χ3n) is 1.73. The standard InChI is InChI=1S/C10H17NO2.C2H7N.C2H6/c1-2-10(13)11-8-6-4-3-5-7-9-12;1-3-2;1-2/h2,9H,1,3-8H2,(H,11,13);3H,1-2H3;1-2H3. The molecule has 0 aliphatic carbocycles. The Morgan fingerprint density at radius 3 is 2.06 bits per heavy atom. The summed E-state index contributed by atoms with van der Waals surface area (Å²) in [5, 5.41) is 5.45. The molecule has 0 fully saturated rings. The van der Waals surface area contributed by atoms with Gasteiger partial charge in [0.1, 0.15) is 6.29 Å². The van der Waals surface area contributed by atoms with Crippen molar-refractivity contribution in [3.8, 4) is 0 Å². The molecule has 0 unspecified atom stereocenters. The summed E-state index contributed by atoms with van der Waals surface area (Å²) in [5.41, 5.74) is 0. The zero-order valence-corrected chi connectivity index (χ0v) is 12.4. The fourth-order valence-corrected chi connectivity index (χ4v) is 0.990. The summed E-state index contributed by atoms with van der Waals surface area (Å²) in [6, 6.07) is 0. The van der Waals surface area contributed by atoms with Crippen molar-refractivity contribution in [3.63, 3.8) is 0 Å². The molecule has 0 aliphatic heterocycles. The van der Waals surface area contributed by atoms with Crippen LogP contribution in [-0.4, -0.2) is 32.8 Å². The average Bonchev–Trinajstić information content (AvgIpc) is 2.40. The maximum Gasteiger partial charge on any atom is 0.243 e. The lowest BCUT2D eigenvalue weighted by molar-refractivity contribution is -0.116. The van der Waals surface area contributed by atoms with Crippen molar-refractivity contribution in [1.29, 1.82) is 0 Å². The SMILES string of the molecule is C=CC(=O)NCCCCCCC=O.CC.CNC. The highest BCUT2D eigenvalue weighted by molar-refractivity contribution is 5.86. The van der Waals surface area contributed by atoms with Crippen LogP contribution >= 0.6 is 0 Å². The summed E-state index contributed by atoms with van der Waals surface area (Å²) in [6.45, 7) is 8.05. The summed E-state index contributed by atoms with van der Waals surface area (Å²) in [4.78, 5) is 20.6. The first kappa shape index (κ1) is 22.1. The van der Waals surface area contributed by atoms with E-state index in [-0.39, 0.29) is 5.91 Å². The zero-order chi connectivity index (χ0) is 14.6. The van der Waals surface area contributed by atoms with Crippen molar-refractivity contribution in [1.82, 2.24) is 10.6 Å². The Morgan fingerprint density at radius 2 is 1.61 bits per heavy atom. The predicted octanol–water partition coefficient (Wildman–Crippen LogP) is 2.30. The molecule has 18 heavy (non-hydrogen) atoms. The summed E-state index contributed by atoms with van der Waals surface area (Å²) in [6.07, 6.45) is 6.91. The molecule has 0 saturated carbocycles. The van der Waals surface area contributed by atoms with Gasteiger partial charge in [0.25, 0.3) is 0 Å². The number of nitrogens with one attached hydrogen (secondary N) is 2. The molecule has 4 heteroatoms. The Labute approximate surface area is 112 Å². The molecule has 4 nitrogen and oxygen atoms in total. The quantitative estimate of drug-likeness (QED) is 0.399. The minimum Gasteiger partial charge on any atom is -0.353 e. The summed E-state index contributed by atoms with van der Waals surface area (Å²) < 4.78 is 0. The first-order valence-corrected chi connectivity index (χ1v) is 6.65. The third-order valence-corrected chi connectivity index (χ3v) is 1.73. The number of amides is 1. The van der Waals surface area contributed by atoms with Gasteiger partial charge in [0.15, 0.2) is 0 Å². The molecule has 0 aromatic rings. The van der Waals surface area contributed by atoms with Gasteiger partial charge in [-0.1, -0.05) is 33.3 Å². The normalized spacial score (nSPS) is 8.00. The highest BCUT2D eigenvalue weighted by atomic mass is 16.1. The second kappa shape index (κ2) is 24.9. The van der Waals surface area contributed by atoms with Crippen molar-refractivity contribution in [2.24, 2.45) is 0 Å². The van der Waals surface area contributed by atoms with Gasteiger partial charge in [-0.3, -0.25) is 4.79 Å². The molecule has 0 atom stereocenters. The number of unbranched alkanes of at least 4 members (excludes halogenated alkanes) is 4. The topological polar surface area (TPSA) is 58.2 Å². The van der Waals surface area contributed by atoms with Crippen molar-refractivity contribution in [3.05, 3.63) is 12.7 Å². The number of aldehydes is 1. The van der Waals surface area contributed by atoms with Gasteiger partial charge in [0.05, 0.1) is 0 Å². The van der Waals surface area contributed by atoms with E-state index in [0.29, 0.717) is 13.0 Å². The predicted molar refractivity (Wildman–Crippen MR) is 78.7 cm³/mol.